The Hall–Kier alpha value is -2.49. The molecule has 0 spiro atoms. The van der Waals surface area contributed by atoms with Gasteiger partial charge in [-0.05, 0) is 24.6 Å². The van der Waals surface area contributed by atoms with E-state index in [2.05, 4.69) is 20.6 Å². The fraction of sp³-hybridized carbons (Fsp3) is 0.333. The largest absolute Gasteiger partial charge is 0.433 e. The van der Waals surface area contributed by atoms with Crippen LogP contribution in [0, 0.1) is 11.6 Å². The number of nitrogens with one attached hydrogen (secondary N) is 2. The number of rotatable bonds is 6. The normalized spacial score (nSPS) is 12.8. The van der Waals surface area contributed by atoms with Gasteiger partial charge in [-0.15, -0.1) is 0 Å². The zero-order valence-corrected chi connectivity index (χ0v) is 13.0. The molecule has 0 saturated carbocycles. The third-order valence-corrected chi connectivity index (χ3v) is 3.06. The van der Waals surface area contributed by atoms with Crippen LogP contribution in [0.3, 0.4) is 0 Å². The SMILES string of the molecule is C[C@@H](CO)Nc1nc(NCc2cc(F)cc(F)c2)cc(C(F)(F)F)n1. The minimum absolute atomic E-state index is 0.141. The molecule has 10 heteroatoms. The second kappa shape index (κ2) is 7.60. The minimum Gasteiger partial charge on any atom is -0.394 e. The molecule has 2 rings (SSSR count). The molecule has 1 aromatic carbocycles. The fourth-order valence-corrected chi connectivity index (χ4v) is 1.92. The van der Waals surface area contributed by atoms with Crippen molar-refractivity contribution in [3.63, 3.8) is 0 Å². The van der Waals surface area contributed by atoms with E-state index in [9.17, 15) is 22.0 Å². The van der Waals surface area contributed by atoms with Gasteiger partial charge < -0.3 is 15.7 Å². The number of halogens is 5. The molecule has 0 unspecified atom stereocenters. The van der Waals surface area contributed by atoms with Gasteiger partial charge >= 0.3 is 6.18 Å². The number of aliphatic hydroxyl groups is 1. The Balaban J connectivity index is 2.24. The molecule has 0 aliphatic carbocycles. The molecule has 0 aliphatic rings. The molecule has 1 atom stereocenters. The maximum Gasteiger partial charge on any atom is 0.433 e. The first-order valence-corrected chi connectivity index (χ1v) is 7.20. The zero-order chi connectivity index (χ0) is 18.6. The van der Waals surface area contributed by atoms with Crippen LogP contribution >= 0.6 is 0 Å². The Morgan fingerprint density at radius 3 is 2.28 bits per heavy atom. The summed E-state index contributed by atoms with van der Waals surface area (Å²) in [5.41, 5.74) is -0.994. The van der Waals surface area contributed by atoms with E-state index in [0.29, 0.717) is 12.1 Å². The van der Waals surface area contributed by atoms with Crippen LogP contribution in [0.1, 0.15) is 18.2 Å². The number of aromatic nitrogens is 2. The summed E-state index contributed by atoms with van der Waals surface area (Å²) in [6, 6.07) is 2.91. The first-order chi connectivity index (χ1) is 11.7. The highest BCUT2D eigenvalue weighted by atomic mass is 19.4. The quantitative estimate of drug-likeness (QED) is 0.689. The number of anilines is 2. The summed E-state index contributed by atoms with van der Waals surface area (Å²) in [4.78, 5) is 7.22. The Kier molecular flexibility index (Phi) is 5.73. The van der Waals surface area contributed by atoms with Gasteiger partial charge in [-0.2, -0.15) is 18.2 Å². The molecule has 1 aromatic heterocycles. The first-order valence-electron chi connectivity index (χ1n) is 7.20. The predicted molar refractivity (Wildman–Crippen MR) is 80.9 cm³/mol. The smallest absolute Gasteiger partial charge is 0.394 e. The van der Waals surface area contributed by atoms with Gasteiger partial charge in [-0.25, -0.2) is 13.8 Å². The molecule has 0 saturated heterocycles. The van der Waals surface area contributed by atoms with Crippen molar-refractivity contribution in [2.45, 2.75) is 25.7 Å². The molecule has 1 heterocycles. The summed E-state index contributed by atoms with van der Waals surface area (Å²) in [6.45, 7) is 1.06. The van der Waals surface area contributed by atoms with Gasteiger partial charge in [0.25, 0.3) is 0 Å². The molecule has 0 amide bonds. The van der Waals surface area contributed by atoms with Gasteiger partial charge in [0.05, 0.1) is 6.61 Å². The van der Waals surface area contributed by atoms with Crippen molar-refractivity contribution in [3.05, 3.63) is 47.2 Å². The third kappa shape index (κ3) is 5.52. The maximum atomic E-state index is 13.1. The van der Waals surface area contributed by atoms with Crippen LogP contribution in [0.5, 0.6) is 0 Å². The van der Waals surface area contributed by atoms with Gasteiger partial charge in [0, 0.05) is 24.7 Å². The number of aliphatic hydroxyl groups excluding tert-OH is 1. The number of nitrogens with zero attached hydrogens (tertiary/aromatic N) is 2. The molecular formula is C15H15F5N4O. The van der Waals surface area contributed by atoms with Crippen molar-refractivity contribution in [1.29, 1.82) is 0 Å². The van der Waals surface area contributed by atoms with E-state index in [0.717, 1.165) is 12.1 Å². The van der Waals surface area contributed by atoms with Crippen LogP contribution in [-0.4, -0.2) is 27.7 Å². The molecule has 136 valence electrons. The molecule has 25 heavy (non-hydrogen) atoms. The summed E-state index contributed by atoms with van der Waals surface area (Å²) in [6.07, 6.45) is -4.71. The van der Waals surface area contributed by atoms with Crippen LogP contribution < -0.4 is 10.6 Å². The summed E-state index contributed by atoms with van der Waals surface area (Å²) in [7, 11) is 0. The van der Waals surface area contributed by atoms with Crippen molar-refractivity contribution in [2.24, 2.45) is 0 Å². The van der Waals surface area contributed by atoms with Gasteiger partial charge in [0.15, 0.2) is 5.69 Å². The predicted octanol–water partition coefficient (Wildman–Crippen LogP) is 3.18. The highest BCUT2D eigenvalue weighted by Gasteiger charge is 2.33. The van der Waals surface area contributed by atoms with Crippen molar-refractivity contribution < 1.29 is 27.1 Å². The van der Waals surface area contributed by atoms with Gasteiger partial charge in [0.2, 0.25) is 5.95 Å². The molecule has 0 aliphatic heterocycles. The number of hydrogen-bond donors (Lipinski definition) is 3. The van der Waals surface area contributed by atoms with E-state index in [1.54, 1.807) is 0 Å². The summed E-state index contributed by atoms with van der Waals surface area (Å²) >= 11 is 0. The van der Waals surface area contributed by atoms with E-state index >= 15 is 0 Å². The van der Waals surface area contributed by atoms with E-state index in [1.807, 2.05) is 0 Å². The van der Waals surface area contributed by atoms with Crippen LogP contribution in [0.2, 0.25) is 0 Å². The molecule has 2 aromatic rings. The average Bonchev–Trinajstić information content (AvgIpc) is 2.51. The first kappa shape index (κ1) is 18.8. The topological polar surface area (TPSA) is 70.1 Å². The molecule has 3 N–H and O–H groups in total. The molecule has 0 fully saturated rings. The van der Waals surface area contributed by atoms with Crippen molar-refractivity contribution in [1.82, 2.24) is 9.97 Å². The van der Waals surface area contributed by atoms with E-state index in [1.165, 1.54) is 6.92 Å². The second-order valence-corrected chi connectivity index (χ2v) is 5.32. The van der Waals surface area contributed by atoms with Crippen LogP contribution in [0.25, 0.3) is 0 Å². The Morgan fingerprint density at radius 2 is 1.72 bits per heavy atom. The maximum absolute atomic E-state index is 13.1. The highest BCUT2D eigenvalue weighted by molar-refractivity contribution is 5.44. The lowest BCUT2D eigenvalue weighted by molar-refractivity contribution is -0.141. The van der Waals surface area contributed by atoms with E-state index < -0.39 is 29.5 Å². The summed E-state index contributed by atoms with van der Waals surface area (Å²) in [5.74, 6) is -2.10. The average molecular weight is 362 g/mol. The number of benzene rings is 1. The number of alkyl halides is 3. The zero-order valence-electron chi connectivity index (χ0n) is 13.0. The van der Waals surface area contributed by atoms with Gasteiger partial charge in [-0.1, -0.05) is 0 Å². The summed E-state index contributed by atoms with van der Waals surface area (Å²) in [5, 5.41) is 14.1. The molecular weight excluding hydrogens is 347 g/mol. The number of hydrogen-bond acceptors (Lipinski definition) is 5. The van der Waals surface area contributed by atoms with Gasteiger partial charge in [-0.3, -0.25) is 0 Å². The van der Waals surface area contributed by atoms with Crippen molar-refractivity contribution >= 4 is 11.8 Å². The monoisotopic (exact) mass is 362 g/mol. The van der Waals surface area contributed by atoms with Crippen LogP contribution in [-0.2, 0) is 12.7 Å². The van der Waals surface area contributed by atoms with E-state index in [-0.39, 0.29) is 30.5 Å². The standard InChI is InChI=1S/C15H15F5N4O/c1-8(7-25)22-14-23-12(15(18,19)20)5-13(24-14)21-6-9-2-10(16)4-11(17)3-9/h2-5,8,25H,6-7H2,1H3,(H2,21,22,23,24)/t8-/m0/s1. The van der Waals surface area contributed by atoms with Gasteiger partial charge in [0.1, 0.15) is 17.5 Å². The highest BCUT2D eigenvalue weighted by Crippen LogP contribution is 2.30. The third-order valence-electron chi connectivity index (χ3n) is 3.06. The lowest BCUT2D eigenvalue weighted by atomic mass is 10.2. The lowest BCUT2D eigenvalue weighted by Gasteiger charge is -2.15. The summed E-state index contributed by atoms with van der Waals surface area (Å²) < 4.78 is 65.1. The fourth-order valence-electron chi connectivity index (χ4n) is 1.92. The van der Waals surface area contributed by atoms with Crippen LogP contribution in [0.15, 0.2) is 24.3 Å². The van der Waals surface area contributed by atoms with Crippen molar-refractivity contribution in [2.75, 3.05) is 17.2 Å². The van der Waals surface area contributed by atoms with E-state index in [4.69, 9.17) is 5.11 Å². The lowest BCUT2D eigenvalue weighted by Crippen LogP contribution is -2.22. The second-order valence-electron chi connectivity index (χ2n) is 5.32. The van der Waals surface area contributed by atoms with Crippen LogP contribution in [0.4, 0.5) is 33.7 Å². The Labute approximate surface area is 139 Å². The molecule has 0 bridgehead atoms. The Bertz CT molecular complexity index is 718. The Morgan fingerprint density at radius 1 is 1.08 bits per heavy atom. The molecule has 0 radical (unpaired) electrons. The van der Waals surface area contributed by atoms with Crippen molar-refractivity contribution in [3.8, 4) is 0 Å². The molecule has 5 nitrogen and oxygen atoms in total. The minimum atomic E-state index is -4.71.